The number of nitrogens with two attached hydrogens (primary N) is 1. The molecule has 0 unspecified atom stereocenters. The molecule has 1 aliphatic heterocycles. The number of hydrazone groups is 1. The number of pyridine rings is 1. The van der Waals surface area contributed by atoms with Crippen molar-refractivity contribution < 1.29 is 0 Å². The minimum atomic E-state index is 0.553. The van der Waals surface area contributed by atoms with Gasteiger partial charge in [-0.2, -0.15) is 5.10 Å². The first-order chi connectivity index (χ1) is 5.88. The van der Waals surface area contributed by atoms with E-state index in [4.69, 9.17) is 5.84 Å². The Bertz CT molecular complexity index is 294. The fraction of sp³-hybridized carbons (Fsp3) is 0.143. The Labute approximate surface area is 69.9 Å². The molecule has 2 rings (SSSR count). The van der Waals surface area contributed by atoms with Crippen molar-refractivity contribution in [3.05, 3.63) is 30.1 Å². The van der Waals surface area contributed by atoms with Crippen molar-refractivity contribution in [2.24, 2.45) is 10.9 Å². The first kappa shape index (κ1) is 7.05. The Balaban J connectivity index is 2.31. The summed E-state index contributed by atoms with van der Waals surface area (Å²) in [5.41, 5.74) is 3.76. The number of rotatable bonds is 1. The van der Waals surface area contributed by atoms with Gasteiger partial charge in [-0.3, -0.25) is 15.4 Å². The molecule has 1 aliphatic rings. The lowest BCUT2D eigenvalue weighted by atomic mass is 10.2. The zero-order valence-corrected chi connectivity index (χ0v) is 6.44. The molecule has 0 saturated carbocycles. The van der Waals surface area contributed by atoms with E-state index in [2.05, 4.69) is 15.5 Å². The first-order valence-electron chi connectivity index (χ1n) is 3.61. The quantitative estimate of drug-likeness (QED) is 0.547. The topological polar surface area (TPSA) is 66.5 Å². The maximum atomic E-state index is 5.63. The molecule has 0 spiro atoms. The number of hydrogen-bond donors (Lipinski definition) is 2. The molecular formula is C7H9N5. The van der Waals surface area contributed by atoms with E-state index in [-0.39, 0.29) is 0 Å². The second-order valence-electron chi connectivity index (χ2n) is 2.46. The van der Waals surface area contributed by atoms with Crippen LogP contribution in [0.4, 0.5) is 0 Å². The first-order valence-corrected chi connectivity index (χ1v) is 3.61. The molecule has 0 radical (unpaired) electrons. The fourth-order valence-corrected chi connectivity index (χ4v) is 1.06. The summed E-state index contributed by atoms with van der Waals surface area (Å²) in [4.78, 5) is 3.91. The highest BCUT2D eigenvalue weighted by molar-refractivity contribution is 5.98. The minimum absolute atomic E-state index is 0.553. The normalized spacial score (nSPS) is 15.8. The molecule has 62 valence electrons. The van der Waals surface area contributed by atoms with Gasteiger partial charge in [0.2, 0.25) is 0 Å². The monoisotopic (exact) mass is 163 g/mol. The van der Waals surface area contributed by atoms with E-state index in [9.17, 15) is 0 Å². The predicted octanol–water partition coefficient (Wildman–Crippen LogP) is -0.520. The highest BCUT2D eigenvalue weighted by Crippen LogP contribution is 2.03. The second kappa shape index (κ2) is 2.78. The molecule has 0 fully saturated rings. The summed E-state index contributed by atoms with van der Waals surface area (Å²) < 4.78 is 0. The van der Waals surface area contributed by atoms with Gasteiger partial charge in [-0.1, -0.05) is 0 Å². The van der Waals surface area contributed by atoms with Crippen molar-refractivity contribution in [2.45, 2.75) is 0 Å². The van der Waals surface area contributed by atoms with Gasteiger partial charge in [0.15, 0.2) is 5.84 Å². The molecule has 1 aromatic heterocycles. The van der Waals surface area contributed by atoms with Crippen LogP contribution in [0.25, 0.3) is 0 Å². The van der Waals surface area contributed by atoms with Gasteiger partial charge in [0.05, 0.1) is 0 Å². The van der Waals surface area contributed by atoms with Crippen molar-refractivity contribution in [2.75, 3.05) is 6.67 Å². The standard InChI is InChI=1S/C7H9N5/c8-12-5-10-11-7(12)6-1-3-9-4-2-6/h1-4,10H,5,8H2. The lowest BCUT2D eigenvalue weighted by Crippen LogP contribution is -2.36. The number of aromatic nitrogens is 1. The summed E-state index contributed by atoms with van der Waals surface area (Å²) in [6.07, 6.45) is 3.42. The summed E-state index contributed by atoms with van der Waals surface area (Å²) in [5.74, 6) is 6.38. The molecule has 0 bridgehead atoms. The van der Waals surface area contributed by atoms with E-state index in [1.54, 1.807) is 17.4 Å². The number of hydrazine groups is 1. The zero-order valence-electron chi connectivity index (χ0n) is 6.44. The van der Waals surface area contributed by atoms with Crippen LogP contribution in [-0.2, 0) is 0 Å². The molecule has 0 saturated heterocycles. The molecule has 3 N–H and O–H groups in total. The minimum Gasteiger partial charge on any atom is -0.287 e. The van der Waals surface area contributed by atoms with E-state index in [0.717, 1.165) is 11.4 Å². The van der Waals surface area contributed by atoms with E-state index in [0.29, 0.717) is 6.67 Å². The number of hydrogen-bond acceptors (Lipinski definition) is 5. The molecule has 5 nitrogen and oxygen atoms in total. The van der Waals surface area contributed by atoms with Gasteiger partial charge < -0.3 is 0 Å². The zero-order chi connectivity index (χ0) is 8.39. The molecule has 0 aromatic carbocycles. The van der Waals surface area contributed by atoms with Crippen LogP contribution in [0.5, 0.6) is 0 Å². The SMILES string of the molecule is NN1CNN=C1c1ccncc1. The third-order valence-electron chi connectivity index (χ3n) is 1.64. The highest BCUT2D eigenvalue weighted by atomic mass is 15.6. The maximum absolute atomic E-state index is 5.63. The van der Waals surface area contributed by atoms with Crippen LogP contribution in [0.15, 0.2) is 29.6 Å². The number of nitrogens with zero attached hydrogens (tertiary/aromatic N) is 3. The van der Waals surface area contributed by atoms with Crippen molar-refractivity contribution in [1.29, 1.82) is 0 Å². The summed E-state index contributed by atoms with van der Waals surface area (Å²) in [5, 5.41) is 5.58. The number of amidine groups is 1. The predicted molar refractivity (Wildman–Crippen MR) is 44.8 cm³/mol. The van der Waals surface area contributed by atoms with Crippen molar-refractivity contribution in [1.82, 2.24) is 15.4 Å². The Morgan fingerprint density at radius 2 is 2.17 bits per heavy atom. The Kier molecular flexibility index (Phi) is 1.64. The van der Waals surface area contributed by atoms with Gasteiger partial charge in [0, 0.05) is 18.0 Å². The van der Waals surface area contributed by atoms with E-state index in [1.165, 1.54) is 0 Å². The average molecular weight is 163 g/mol. The summed E-state index contributed by atoms with van der Waals surface area (Å²) in [6.45, 7) is 0.553. The van der Waals surface area contributed by atoms with E-state index < -0.39 is 0 Å². The Morgan fingerprint density at radius 1 is 1.42 bits per heavy atom. The van der Waals surface area contributed by atoms with Crippen LogP contribution < -0.4 is 11.3 Å². The van der Waals surface area contributed by atoms with Crippen LogP contribution >= 0.6 is 0 Å². The molecule has 5 heteroatoms. The summed E-state index contributed by atoms with van der Waals surface area (Å²) >= 11 is 0. The van der Waals surface area contributed by atoms with Gasteiger partial charge >= 0.3 is 0 Å². The van der Waals surface area contributed by atoms with Gasteiger partial charge in [0.1, 0.15) is 6.67 Å². The van der Waals surface area contributed by atoms with Crippen molar-refractivity contribution in [3.8, 4) is 0 Å². The molecule has 2 heterocycles. The van der Waals surface area contributed by atoms with Gasteiger partial charge in [-0.05, 0) is 12.1 Å². The van der Waals surface area contributed by atoms with Crippen molar-refractivity contribution in [3.63, 3.8) is 0 Å². The van der Waals surface area contributed by atoms with Crippen LogP contribution in [-0.4, -0.2) is 22.5 Å². The van der Waals surface area contributed by atoms with Crippen molar-refractivity contribution >= 4 is 5.84 Å². The largest absolute Gasteiger partial charge is 0.287 e. The van der Waals surface area contributed by atoms with Crippen LogP contribution in [0.2, 0.25) is 0 Å². The highest BCUT2D eigenvalue weighted by Gasteiger charge is 2.14. The summed E-state index contributed by atoms with van der Waals surface area (Å²) in [6, 6.07) is 3.73. The van der Waals surface area contributed by atoms with E-state index >= 15 is 0 Å². The van der Waals surface area contributed by atoms with Crippen LogP contribution in [0, 0.1) is 0 Å². The Morgan fingerprint density at radius 3 is 2.75 bits per heavy atom. The lowest BCUT2D eigenvalue weighted by molar-refractivity contribution is 0.446. The second-order valence-corrected chi connectivity index (χ2v) is 2.46. The van der Waals surface area contributed by atoms with Gasteiger partial charge in [-0.25, -0.2) is 5.84 Å². The van der Waals surface area contributed by atoms with Crippen LogP contribution in [0.1, 0.15) is 5.56 Å². The third kappa shape index (κ3) is 1.10. The fourth-order valence-electron chi connectivity index (χ4n) is 1.06. The molecule has 0 amide bonds. The van der Waals surface area contributed by atoms with Gasteiger partial charge in [-0.15, -0.1) is 0 Å². The molecule has 0 aliphatic carbocycles. The molecule has 12 heavy (non-hydrogen) atoms. The lowest BCUT2D eigenvalue weighted by Gasteiger charge is -2.10. The van der Waals surface area contributed by atoms with Crippen LogP contribution in [0.3, 0.4) is 0 Å². The van der Waals surface area contributed by atoms with Gasteiger partial charge in [0.25, 0.3) is 0 Å². The Hall–Kier alpha value is -1.62. The molecule has 0 atom stereocenters. The smallest absolute Gasteiger partial charge is 0.171 e. The maximum Gasteiger partial charge on any atom is 0.171 e. The average Bonchev–Trinajstić information content (AvgIpc) is 2.53. The summed E-state index contributed by atoms with van der Waals surface area (Å²) in [7, 11) is 0. The molecule has 1 aromatic rings. The third-order valence-corrected chi connectivity index (χ3v) is 1.64. The van der Waals surface area contributed by atoms with E-state index in [1.807, 2.05) is 12.1 Å². The molecular weight excluding hydrogens is 154 g/mol. The number of nitrogens with one attached hydrogen (secondary N) is 1.